The van der Waals surface area contributed by atoms with E-state index in [1.165, 1.54) is 25.0 Å². The van der Waals surface area contributed by atoms with Gasteiger partial charge in [-0.15, -0.1) is 0 Å². The highest BCUT2D eigenvalue weighted by molar-refractivity contribution is 9.10. The molecule has 1 fully saturated rings. The highest BCUT2D eigenvalue weighted by Gasteiger charge is 2.33. The molecule has 1 heterocycles. The van der Waals surface area contributed by atoms with Gasteiger partial charge in [0.15, 0.2) is 0 Å². The maximum Gasteiger partial charge on any atom is 0.418 e. The summed E-state index contributed by atoms with van der Waals surface area (Å²) in [4.78, 5) is 2.30. The van der Waals surface area contributed by atoms with Crippen LogP contribution in [0.25, 0.3) is 0 Å². The third-order valence-electron chi connectivity index (χ3n) is 3.64. The second-order valence-electron chi connectivity index (χ2n) is 5.16. The first kappa shape index (κ1) is 15.6. The van der Waals surface area contributed by atoms with Crippen LogP contribution in [-0.4, -0.2) is 30.6 Å². The number of alkyl halides is 3. The minimum Gasteiger partial charge on any atom is -0.383 e. The molecule has 1 aliphatic heterocycles. The molecule has 1 unspecified atom stereocenters. The number of benzene rings is 1. The van der Waals surface area contributed by atoms with Crippen molar-refractivity contribution in [2.75, 3.05) is 25.0 Å². The quantitative estimate of drug-likeness (QED) is 0.867. The highest BCUT2D eigenvalue weighted by Crippen LogP contribution is 2.36. The molecule has 1 aromatic rings. The molecule has 1 N–H and O–H groups in total. The molecule has 1 aromatic carbocycles. The van der Waals surface area contributed by atoms with Crippen molar-refractivity contribution in [1.29, 1.82) is 0 Å². The van der Waals surface area contributed by atoms with Crippen LogP contribution in [0.3, 0.4) is 0 Å². The predicted octanol–water partition coefficient (Wildman–Crippen LogP) is 4.36. The van der Waals surface area contributed by atoms with Crippen LogP contribution >= 0.6 is 15.9 Å². The van der Waals surface area contributed by atoms with Gasteiger partial charge in [0.1, 0.15) is 0 Å². The first-order valence-electron chi connectivity index (χ1n) is 6.72. The van der Waals surface area contributed by atoms with Crippen LogP contribution in [0.2, 0.25) is 0 Å². The van der Waals surface area contributed by atoms with E-state index in [-0.39, 0.29) is 11.7 Å². The molecule has 1 aliphatic rings. The lowest BCUT2D eigenvalue weighted by atomic mass is 10.1. The maximum absolute atomic E-state index is 12.9. The molecule has 0 aliphatic carbocycles. The van der Waals surface area contributed by atoms with Gasteiger partial charge < -0.3 is 5.32 Å². The van der Waals surface area contributed by atoms with E-state index in [9.17, 15) is 13.2 Å². The Morgan fingerprint density at radius 1 is 1.30 bits per heavy atom. The zero-order valence-corrected chi connectivity index (χ0v) is 12.9. The Bertz CT molecular complexity index is 456. The van der Waals surface area contributed by atoms with Crippen LogP contribution in [0.15, 0.2) is 22.7 Å². The lowest BCUT2D eigenvalue weighted by Gasteiger charge is -2.25. The van der Waals surface area contributed by atoms with Gasteiger partial charge in [0.25, 0.3) is 0 Å². The van der Waals surface area contributed by atoms with E-state index in [0.717, 1.165) is 19.2 Å². The Morgan fingerprint density at radius 3 is 2.55 bits per heavy atom. The Morgan fingerprint density at radius 2 is 1.95 bits per heavy atom. The summed E-state index contributed by atoms with van der Waals surface area (Å²) < 4.78 is 39.5. The molecule has 0 spiro atoms. The number of hydrogen-bond acceptors (Lipinski definition) is 2. The smallest absolute Gasteiger partial charge is 0.383 e. The van der Waals surface area contributed by atoms with Crippen molar-refractivity contribution >= 4 is 21.6 Å². The molecular formula is C14H18BrF3N2. The summed E-state index contributed by atoms with van der Waals surface area (Å²) in [7, 11) is 0. The SMILES string of the molecule is CC(CNc1cc(Br)ccc1C(F)(F)F)N1CCCC1. The predicted molar refractivity (Wildman–Crippen MR) is 77.9 cm³/mol. The molecule has 1 atom stereocenters. The fourth-order valence-electron chi connectivity index (χ4n) is 2.48. The van der Waals surface area contributed by atoms with Crippen molar-refractivity contribution in [3.8, 4) is 0 Å². The maximum atomic E-state index is 12.9. The van der Waals surface area contributed by atoms with E-state index in [1.807, 2.05) is 6.92 Å². The second-order valence-corrected chi connectivity index (χ2v) is 6.08. The number of halogens is 4. The van der Waals surface area contributed by atoms with E-state index in [0.29, 0.717) is 11.0 Å². The van der Waals surface area contributed by atoms with E-state index in [2.05, 4.69) is 26.1 Å². The summed E-state index contributed by atoms with van der Waals surface area (Å²) in [6.45, 7) is 4.63. The summed E-state index contributed by atoms with van der Waals surface area (Å²) in [6, 6.07) is 4.24. The Balaban J connectivity index is 2.06. The number of anilines is 1. The van der Waals surface area contributed by atoms with Gasteiger partial charge in [-0.25, -0.2) is 0 Å². The largest absolute Gasteiger partial charge is 0.418 e. The summed E-state index contributed by atoms with van der Waals surface area (Å²) in [5.41, 5.74) is -0.479. The monoisotopic (exact) mass is 350 g/mol. The van der Waals surface area contributed by atoms with E-state index < -0.39 is 11.7 Å². The van der Waals surface area contributed by atoms with Gasteiger partial charge in [-0.1, -0.05) is 15.9 Å². The van der Waals surface area contributed by atoms with Crippen molar-refractivity contribution in [3.05, 3.63) is 28.2 Å². The summed E-state index contributed by atoms with van der Waals surface area (Å²) in [5.74, 6) is 0. The van der Waals surface area contributed by atoms with Crippen LogP contribution in [-0.2, 0) is 6.18 Å². The zero-order valence-electron chi connectivity index (χ0n) is 11.3. The molecule has 112 valence electrons. The zero-order chi connectivity index (χ0) is 14.8. The Hall–Kier alpha value is -0.750. The third kappa shape index (κ3) is 3.88. The Labute approximate surface area is 125 Å². The number of nitrogens with one attached hydrogen (secondary N) is 1. The number of hydrogen-bond donors (Lipinski definition) is 1. The van der Waals surface area contributed by atoms with Crippen LogP contribution in [0.4, 0.5) is 18.9 Å². The molecule has 2 nitrogen and oxygen atoms in total. The number of nitrogens with zero attached hydrogens (tertiary/aromatic N) is 1. The number of likely N-dealkylation sites (tertiary alicyclic amines) is 1. The van der Waals surface area contributed by atoms with Gasteiger partial charge in [0, 0.05) is 22.7 Å². The van der Waals surface area contributed by atoms with Gasteiger partial charge in [0.05, 0.1) is 5.56 Å². The average Bonchev–Trinajstić information content (AvgIpc) is 2.88. The summed E-state index contributed by atoms with van der Waals surface area (Å²) in [6.07, 6.45) is -1.98. The van der Waals surface area contributed by atoms with Crippen molar-refractivity contribution in [2.45, 2.75) is 32.0 Å². The molecule has 6 heteroatoms. The fourth-order valence-corrected chi connectivity index (χ4v) is 2.84. The second kappa shape index (κ2) is 6.35. The first-order chi connectivity index (χ1) is 9.38. The molecule has 0 aromatic heterocycles. The topological polar surface area (TPSA) is 15.3 Å². The van der Waals surface area contributed by atoms with Crippen LogP contribution in [0.1, 0.15) is 25.3 Å². The highest BCUT2D eigenvalue weighted by atomic mass is 79.9. The lowest BCUT2D eigenvalue weighted by molar-refractivity contribution is -0.137. The van der Waals surface area contributed by atoms with E-state index in [4.69, 9.17) is 0 Å². The average molecular weight is 351 g/mol. The molecule has 20 heavy (non-hydrogen) atoms. The normalized spacial score (nSPS) is 18.2. The first-order valence-corrected chi connectivity index (χ1v) is 7.52. The van der Waals surface area contributed by atoms with Crippen LogP contribution in [0, 0.1) is 0 Å². The van der Waals surface area contributed by atoms with Gasteiger partial charge in [-0.2, -0.15) is 13.2 Å². The van der Waals surface area contributed by atoms with Gasteiger partial charge >= 0.3 is 6.18 Å². The van der Waals surface area contributed by atoms with Crippen LogP contribution in [0.5, 0.6) is 0 Å². The Kier molecular flexibility index (Phi) is 4.96. The van der Waals surface area contributed by atoms with Crippen molar-refractivity contribution in [1.82, 2.24) is 4.90 Å². The van der Waals surface area contributed by atoms with Crippen molar-refractivity contribution in [2.24, 2.45) is 0 Å². The lowest BCUT2D eigenvalue weighted by Crippen LogP contribution is -2.35. The van der Waals surface area contributed by atoms with Gasteiger partial charge in [0.2, 0.25) is 0 Å². The minimum absolute atomic E-state index is 0.137. The minimum atomic E-state index is -4.33. The summed E-state index contributed by atoms with van der Waals surface area (Å²) >= 11 is 3.22. The molecule has 1 saturated heterocycles. The van der Waals surface area contributed by atoms with Crippen molar-refractivity contribution < 1.29 is 13.2 Å². The fraction of sp³-hybridized carbons (Fsp3) is 0.571. The van der Waals surface area contributed by atoms with Gasteiger partial charge in [-0.05, 0) is 51.1 Å². The van der Waals surface area contributed by atoms with E-state index in [1.54, 1.807) is 0 Å². The van der Waals surface area contributed by atoms with E-state index >= 15 is 0 Å². The standard InChI is InChI=1S/C14H18BrF3N2/c1-10(20-6-2-3-7-20)9-19-13-8-11(15)4-5-12(13)14(16,17)18/h4-5,8,10,19H,2-3,6-7,9H2,1H3. The van der Waals surface area contributed by atoms with Crippen molar-refractivity contribution in [3.63, 3.8) is 0 Å². The summed E-state index contributed by atoms with van der Waals surface area (Å²) in [5, 5.41) is 2.95. The molecular weight excluding hydrogens is 333 g/mol. The molecule has 0 bridgehead atoms. The molecule has 0 radical (unpaired) electrons. The van der Waals surface area contributed by atoms with Gasteiger partial charge in [-0.3, -0.25) is 4.90 Å². The third-order valence-corrected chi connectivity index (χ3v) is 4.13. The number of rotatable bonds is 4. The molecule has 0 saturated carbocycles. The molecule has 2 rings (SSSR count). The molecule has 0 amide bonds. The van der Waals surface area contributed by atoms with Crippen LogP contribution < -0.4 is 5.32 Å².